The third-order valence-electron chi connectivity index (χ3n) is 4.40. The second-order valence-electron chi connectivity index (χ2n) is 6.36. The zero-order valence-corrected chi connectivity index (χ0v) is 16.0. The molecule has 0 spiro atoms. The Kier molecular flexibility index (Phi) is 3.99. The van der Waals surface area contributed by atoms with Gasteiger partial charge in [0.05, 0.1) is 6.26 Å². The SMILES string of the molecule is CC(=O)c1ccc(-c2ccc(/C=c3\sc4nc(-c5ccco5)nn4c3=O)o2)cc1. The number of thiazole rings is 1. The Hall–Kier alpha value is -3.78. The van der Waals surface area contributed by atoms with Crippen LogP contribution in [0.1, 0.15) is 23.0 Å². The predicted octanol–water partition coefficient (Wildman–Crippen LogP) is 3.42. The second-order valence-corrected chi connectivity index (χ2v) is 7.37. The molecule has 0 aliphatic heterocycles. The Balaban J connectivity index is 1.48. The summed E-state index contributed by atoms with van der Waals surface area (Å²) >= 11 is 1.23. The summed E-state index contributed by atoms with van der Waals surface area (Å²) in [5.41, 5.74) is 1.23. The van der Waals surface area contributed by atoms with Crippen molar-refractivity contribution in [3.05, 3.63) is 81.0 Å². The molecule has 5 rings (SSSR count). The minimum atomic E-state index is -0.265. The van der Waals surface area contributed by atoms with Crippen LogP contribution in [0.25, 0.3) is 33.9 Å². The van der Waals surface area contributed by atoms with Crippen LogP contribution in [0.3, 0.4) is 0 Å². The Morgan fingerprint density at radius 2 is 1.93 bits per heavy atom. The van der Waals surface area contributed by atoms with Crippen LogP contribution < -0.4 is 10.1 Å². The lowest BCUT2D eigenvalue weighted by Gasteiger charge is -1.98. The molecule has 0 aliphatic carbocycles. The predicted molar refractivity (Wildman–Crippen MR) is 108 cm³/mol. The Morgan fingerprint density at radius 3 is 2.62 bits per heavy atom. The Bertz CT molecular complexity index is 1440. The van der Waals surface area contributed by atoms with E-state index < -0.39 is 0 Å². The normalized spacial score (nSPS) is 12.1. The summed E-state index contributed by atoms with van der Waals surface area (Å²) in [6.07, 6.45) is 3.20. The zero-order chi connectivity index (χ0) is 20.0. The largest absolute Gasteiger partial charge is 0.461 e. The summed E-state index contributed by atoms with van der Waals surface area (Å²) in [4.78, 5) is 28.9. The zero-order valence-electron chi connectivity index (χ0n) is 15.2. The number of nitrogens with zero attached hydrogens (tertiary/aromatic N) is 3. The van der Waals surface area contributed by atoms with Crippen molar-refractivity contribution in [2.75, 3.05) is 0 Å². The summed E-state index contributed by atoms with van der Waals surface area (Å²) in [5.74, 6) is 2.10. The van der Waals surface area contributed by atoms with Crippen molar-refractivity contribution in [1.29, 1.82) is 0 Å². The average Bonchev–Trinajstić information content (AvgIpc) is 3.49. The van der Waals surface area contributed by atoms with Gasteiger partial charge in [0.25, 0.3) is 5.56 Å². The number of benzene rings is 1. The summed E-state index contributed by atoms with van der Waals surface area (Å²) in [6.45, 7) is 1.53. The Morgan fingerprint density at radius 1 is 1.10 bits per heavy atom. The number of rotatable bonds is 4. The maximum Gasteiger partial charge on any atom is 0.291 e. The van der Waals surface area contributed by atoms with E-state index in [0.717, 1.165) is 5.56 Å². The number of aromatic nitrogens is 3. The molecule has 1 aromatic carbocycles. The van der Waals surface area contributed by atoms with Crippen molar-refractivity contribution in [3.63, 3.8) is 0 Å². The molecule has 8 heteroatoms. The molecule has 0 saturated carbocycles. The molecule has 0 saturated heterocycles. The minimum absolute atomic E-state index is 0.0134. The Labute approximate surface area is 167 Å². The number of fused-ring (bicyclic) bond motifs is 1. The van der Waals surface area contributed by atoms with Crippen LogP contribution in [-0.4, -0.2) is 20.4 Å². The molecule has 142 valence electrons. The summed E-state index contributed by atoms with van der Waals surface area (Å²) in [5, 5.41) is 4.22. The second kappa shape index (κ2) is 6.68. The molecular formula is C21H13N3O4S. The maximum atomic E-state index is 12.6. The van der Waals surface area contributed by atoms with E-state index in [-0.39, 0.29) is 11.3 Å². The van der Waals surface area contributed by atoms with Gasteiger partial charge in [0.15, 0.2) is 11.5 Å². The van der Waals surface area contributed by atoms with Crippen molar-refractivity contribution in [1.82, 2.24) is 14.6 Å². The number of furan rings is 2. The highest BCUT2D eigenvalue weighted by Gasteiger charge is 2.14. The van der Waals surface area contributed by atoms with Crippen LogP contribution in [0, 0.1) is 0 Å². The highest BCUT2D eigenvalue weighted by Crippen LogP contribution is 2.23. The molecule has 4 aromatic heterocycles. The van der Waals surface area contributed by atoms with Gasteiger partial charge in [-0.3, -0.25) is 9.59 Å². The van der Waals surface area contributed by atoms with E-state index in [1.54, 1.807) is 36.4 Å². The molecule has 0 bridgehead atoms. The van der Waals surface area contributed by atoms with Gasteiger partial charge in [-0.1, -0.05) is 35.6 Å². The molecule has 0 atom stereocenters. The van der Waals surface area contributed by atoms with Crippen LogP contribution in [0.4, 0.5) is 0 Å². The van der Waals surface area contributed by atoms with E-state index in [2.05, 4.69) is 10.1 Å². The molecule has 5 aromatic rings. The highest BCUT2D eigenvalue weighted by atomic mass is 32.1. The molecule has 0 fully saturated rings. The van der Waals surface area contributed by atoms with Gasteiger partial charge in [-0.25, -0.2) is 0 Å². The van der Waals surface area contributed by atoms with Gasteiger partial charge < -0.3 is 8.83 Å². The summed E-state index contributed by atoms with van der Waals surface area (Å²) < 4.78 is 12.9. The van der Waals surface area contributed by atoms with Crippen LogP contribution in [0.5, 0.6) is 0 Å². The van der Waals surface area contributed by atoms with Gasteiger partial charge >= 0.3 is 0 Å². The van der Waals surface area contributed by atoms with E-state index in [4.69, 9.17) is 8.83 Å². The summed E-state index contributed by atoms with van der Waals surface area (Å²) in [6, 6.07) is 14.3. The minimum Gasteiger partial charge on any atom is -0.461 e. The van der Waals surface area contributed by atoms with E-state index in [1.165, 1.54) is 29.0 Å². The number of carbonyl (C=O) groups is 1. The van der Waals surface area contributed by atoms with Gasteiger partial charge in [0.1, 0.15) is 16.1 Å². The molecule has 7 nitrogen and oxygen atoms in total. The number of hydrogen-bond donors (Lipinski definition) is 0. The molecular weight excluding hydrogens is 390 g/mol. The first kappa shape index (κ1) is 17.3. The number of hydrogen-bond acceptors (Lipinski definition) is 7. The average molecular weight is 403 g/mol. The molecule has 0 aliphatic rings. The fourth-order valence-electron chi connectivity index (χ4n) is 2.93. The van der Waals surface area contributed by atoms with E-state index >= 15 is 0 Å². The van der Waals surface area contributed by atoms with Crippen LogP contribution in [-0.2, 0) is 0 Å². The van der Waals surface area contributed by atoms with Gasteiger partial charge in [-0.05, 0) is 31.2 Å². The fraction of sp³-hybridized carbons (Fsp3) is 0.0476. The number of carbonyl (C=O) groups excluding carboxylic acids is 1. The lowest BCUT2D eigenvalue weighted by atomic mass is 10.1. The van der Waals surface area contributed by atoms with Crippen molar-refractivity contribution >= 4 is 28.2 Å². The smallest absolute Gasteiger partial charge is 0.291 e. The van der Waals surface area contributed by atoms with Gasteiger partial charge in [-0.2, -0.15) is 9.50 Å². The summed E-state index contributed by atoms with van der Waals surface area (Å²) in [7, 11) is 0. The lowest BCUT2D eigenvalue weighted by Crippen LogP contribution is -2.23. The van der Waals surface area contributed by atoms with E-state index in [1.807, 2.05) is 18.2 Å². The third kappa shape index (κ3) is 3.09. The van der Waals surface area contributed by atoms with E-state index in [0.29, 0.717) is 38.2 Å². The van der Waals surface area contributed by atoms with Crippen molar-refractivity contribution in [2.45, 2.75) is 6.92 Å². The van der Waals surface area contributed by atoms with Gasteiger partial charge in [0, 0.05) is 17.2 Å². The van der Waals surface area contributed by atoms with Gasteiger partial charge in [-0.15, -0.1) is 5.10 Å². The standard InChI is InChI=1S/C21H13N3O4S/c1-12(25)13-4-6-14(7-5-13)16-9-8-15(28-16)11-18-20(26)24-21(29-18)22-19(23-24)17-3-2-10-27-17/h2-11H,1H3/b18-11-. The molecule has 0 unspecified atom stereocenters. The molecule has 0 N–H and O–H groups in total. The van der Waals surface area contributed by atoms with Crippen LogP contribution in [0.15, 0.2) is 68.4 Å². The first-order chi connectivity index (χ1) is 14.1. The number of ketones is 1. The van der Waals surface area contributed by atoms with Crippen molar-refractivity contribution in [3.8, 4) is 22.9 Å². The third-order valence-corrected chi connectivity index (χ3v) is 5.36. The van der Waals surface area contributed by atoms with E-state index in [9.17, 15) is 9.59 Å². The monoisotopic (exact) mass is 403 g/mol. The fourth-order valence-corrected chi connectivity index (χ4v) is 3.82. The molecule has 0 amide bonds. The van der Waals surface area contributed by atoms with Crippen molar-refractivity contribution in [2.24, 2.45) is 0 Å². The topological polar surface area (TPSA) is 90.6 Å². The number of Topliss-reactive ketones (excluding diaryl/α,β-unsaturated/α-hetero) is 1. The molecule has 4 heterocycles. The van der Waals surface area contributed by atoms with Gasteiger partial charge in [0.2, 0.25) is 10.8 Å². The van der Waals surface area contributed by atoms with Crippen molar-refractivity contribution < 1.29 is 13.6 Å². The molecule has 0 radical (unpaired) electrons. The van der Waals surface area contributed by atoms with Crippen LogP contribution >= 0.6 is 11.3 Å². The van der Waals surface area contributed by atoms with Crippen LogP contribution in [0.2, 0.25) is 0 Å². The highest BCUT2D eigenvalue weighted by molar-refractivity contribution is 7.15. The lowest BCUT2D eigenvalue weighted by molar-refractivity contribution is 0.101. The first-order valence-electron chi connectivity index (χ1n) is 8.75. The molecule has 29 heavy (non-hydrogen) atoms. The first-order valence-corrected chi connectivity index (χ1v) is 9.56. The quantitative estimate of drug-likeness (QED) is 0.427. The maximum absolute atomic E-state index is 12.6.